The summed E-state index contributed by atoms with van der Waals surface area (Å²) in [5, 5.41) is 9.10. The third-order valence-corrected chi connectivity index (χ3v) is 3.58. The molecule has 1 amide bonds. The Morgan fingerprint density at radius 1 is 1.07 bits per heavy atom. The minimum atomic E-state index is -0.699. The lowest BCUT2D eigenvalue weighted by Crippen LogP contribution is -2.12. The molecule has 0 bridgehead atoms. The molecule has 27 heavy (non-hydrogen) atoms. The van der Waals surface area contributed by atoms with E-state index in [0.29, 0.717) is 16.6 Å². The van der Waals surface area contributed by atoms with E-state index in [9.17, 15) is 23.2 Å². The van der Waals surface area contributed by atoms with Crippen molar-refractivity contribution in [3.8, 4) is 0 Å². The van der Waals surface area contributed by atoms with Crippen LogP contribution in [0.5, 0.6) is 0 Å². The zero-order valence-electron chi connectivity index (χ0n) is 13.3. The first-order valence-electron chi connectivity index (χ1n) is 7.28. The molecular formula is C18H15F2N3O4. The Hall–Kier alpha value is -3.62. The normalized spacial score (nSPS) is 11.8. The van der Waals surface area contributed by atoms with Crippen molar-refractivity contribution in [1.29, 1.82) is 0 Å². The van der Waals surface area contributed by atoms with E-state index in [-0.39, 0.29) is 18.7 Å². The molecule has 9 heteroatoms. The second-order valence-corrected chi connectivity index (χ2v) is 5.23. The van der Waals surface area contributed by atoms with Gasteiger partial charge in [-0.2, -0.15) is 5.10 Å². The molecule has 0 spiro atoms. The minimum Gasteiger partial charge on any atom is -0.464 e. The molecule has 0 unspecified atom stereocenters. The summed E-state index contributed by atoms with van der Waals surface area (Å²) >= 11 is 0. The van der Waals surface area contributed by atoms with Gasteiger partial charge in [0.25, 0.3) is 11.7 Å². The first-order chi connectivity index (χ1) is 12.4. The van der Waals surface area contributed by atoms with Crippen molar-refractivity contribution >= 4 is 34.3 Å². The van der Waals surface area contributed by atoms with Gasteiger partial charge >= 0.3 is 5.97 Å². The number of hydrogen-bond donors (Lipinski definition) is 2. The van der Waals surface area contributed by atoms with Crippen molar-refractivity contribution in [2.24, 2.45) is 0 Å². The van der Waals surface area contributed by atoms with E-state index in [0.717, 1.165) is 6.07 Å². The summed E-state index contributed by atoms with van der Waals surface area (Å²) in [6, 6.07) is 7.66. The van der Waals surface area contributed by atoms with Crippen LogP contribution in [0.3, 0.4) is 0 Å². The molecule has 3 aromatic rings. The Balaban J connectivity index is 0.000000189. The number of ether oxygens (including phenoxy) is 1. The summed E-state index contributed by atoms with van der Waals surface area (Å²) in [5.74, 6) is -2.88. The van der Waals surface area contributed by atoms with Crippen LogP contribution < -0.4 is 5.32 Å². The molecule has 140 valence electrons. The quantitative estimate of drug-likeness (QED) is 0.503. The van der Waals surface area contributed by atoms with Crippen molar-refractivity contribution in [3.05, 3.63) is 59.3 Å². The topological polar surface area (TPSA) is 101 Å². The average molecular weight is 375 g/mol. The van der Waals surface area contributed by atoms with Gasteiger partial charge in [-0.15, -0.1) is 0 Å². The number of carbonyl (C=O) groups excluding carboxylic acids is 3. The van der Waals surface area contributed by atoms with Crippen LogP contribution in [0.1, 0.15) is 28.3 Å². The highest BCUT2D eigenvalue weighted by atomic mass is 19.1. The highest BCUT2D eigenvalue weighted by Crippen LogP contribution is 2.23. The maximum Gasteiger partial charge on any atom is 0.359 e. The van der Waals surface area contributed by atoms with Crippen LogP contribution in [0.4, 0.5) is 14.5 Å². The van der Waals surface area contributed by atoms with Gasteiger partial charge in [-0.3, -0.25) is 14.7 Å². The van der Waals surface area contributed by atoms with Crippen LogP contribution in [-0.2, 0) is 9.53 Å². The van der Waals surface area contributed by atoms with Gasteiger partial charge in [0.1, 0.15) is 11.6 Å². The van der Waals surface area contributed by atoms with E-state index in [2.05, 4.69) is 20.3 Å². The summed E-state index contributed by atoms with van der Waals surface area (Å²) in [6.07, 6.45) is 0. The van der Waals surface area contributed by atoms with E-state index in [1.165, 1.54) is 37.4 Å². The molecule has 1 aliphatic heterocycles. The number of esters is 1. The molecule has 2 aromatic carbocycles. The summed E-state index contributed by atoms with van der Waals surface area (Å²) in [6.45, 7) is 0. The van der Waals surface area contributed by atoms with E-state index >= 15 is 0 Å². The molecule has 0 saturated heterocycles. The number of halogens is 2. The highest BCUT2D eigenvalue weighted by Gasteiger charge is 2.27. The van der Waals surface area contributed by atoms with Gasteiger partial charge in [-0.05, 0) is 36.4 Å². The predicted octanol–water partition coefficient (Wildman–Crippen LogP) is 3.09. The van der Waals surface area contributed by atoms with Crippen LogP contribution in [0.2, 0.25) is 0 Å². The number of rotatable bonds is 1. The number of ketones is 1. The number of amides is 1. The Morgan fingerprint density at radius 3 is 2.44 bits per heavy atom. The number of Topliss-reactive ketones (excluding diaryl/α,β-unsaturated/α-hetero) is 1. The summed E-state index contributed by atoms with van der Waals surface area (Å²) < 4.78 is 29.9. The van der Waals surface area contributed by atoms with Gasteiger partial charge in [-0.1, -0.05) is 7.43 Å². The van der Waals surface area contributed by atoms with Crippen molar-refractivity contribution in [2.45, 2.75) is 7.43 Å². The lowest BCUT2D eigenvalue weighted by molar-refractivity contribution is -0.112. The molecule has 0 saturated carbocycles. The Kier molecular flexibility index (Phi) is 5.64. The van der Waals surface area contributed by atoms with E-state index in [4.69, 9.17) is 0 Å². The number of fused-ring (bicyclic) bond motifs is 2. The smallest absolute Gasteiger partial charge is 0.359 e. The lowest BCUT2D eigenvalue weighted by atomic mass is 10.1. The molecule has 7 nitrogen and oxygen atoms in total. The molecule has 0 atom stereocenters. The van der Waals surface area contributed by atoms with Crippen LogP contribution in [0.25, 0.3) is 10.9 Å². The zero-order valence-corrected chi connectivity index (χ0v) is 13.3. The first-order valence-corrected chi connectivity index (χ1v) is 7.28. The van der Waals surface area contributed by atoms with Gasteiger partial charge in [0, 0.05) is 5.39 Å². The fourth-order valence-corrected chi connectivity index (χ4v) is 2.35. The first kappa shape index (κ1) is 19.7. The largest absolute Gasteiger partial charge is 0.464 e. The Morgan fingerprint density at radius 2 is 1.74 bits per heavy atom. The maximum absolute atomic E-state index is 12.9. The highest BCUT2D eigenvalue weighted by molar-refractivity contribution is 6.51. The fraction of sp³-hybridized carbons (Fsp3) is 0.111. The molecule has 1 aromatic heterocycles. The number of aromatic amines is 1. The van der Waals surface area contributed by atoms with Gasteiger partial charge in [-0.25, -0.2) is 13.6 Å². The van der Waals surface area contributed by atoms with Crippen LogP contribution in [0, 0.1) is 11.6 Å². The average Bonchev–Trinajstić information content (AvgIpc) is 3.16. The number of anilines is 1. The molecule has 1 aliphatic rings. The second-order valence-electron chi connectivity index (χ2n) is 5.23. The molecule has 0 radical (unpaired) electrons. The predicted molar refractivity (Wildman–Crippen MR) is 93.5 cm³/mol. The number of benzene rings is 2. The number of methoxy groups -OCH3 is 1. The fourth-order valence-electron chi connectivity index (χ4n) is 2.35. The number of H-pyrrole nitrogens is 1. The van der Waals surface area contributed by atoms with Crippen LogP contribution >= 0.6 is 0 Å². The van der Waals surface area contributed by atoms with E-state index < -0.39 is 29.3 Å². The second kappa shape index (κ2) is 7.73. The Labute approximate surface area is 152 Å². The van der Waals surface area contributed by atoms with Crippen molar-refractivity contribution < 1.29 is 27.9 Å². The standard InChI is InChI=1S/C9H7FN2O2.C8H4FNO2.CH4/c1-14-9(13)8-6-4-5(10)2-3-7(6)11-12-8;9-4-1-2-6-5(3-4)7(11)8(12)10-6;/h2-4H,1H3,(H,11,12);1-3H,(H,10,11,12);1H4. The van der Waals surface area contributed by atoms with Gasteiger partial charge < -0.3 is 10.1 Å². The van der Waals surface area contributed by atoms with Gasteiger partial charge in [0.15, 0.2) is 5.69 Å². The molecule has 4 rings (SSSR count). The number of nitrogens with one attached hydrogen (secondary N) is 2. The Bertz CT molecular complexity index is 1050. The maximum atomic E-state index is 12.9. The molecule has 2 heterocycles. The van der Waals surface area contributed by atoms with Gasteiger partial charge in [0.2, 0.25) is 0 Å². The van der Waals surface area contributed by atoms with Crippen molar-refractivity contribution in [3.63, 3.8) is 0 Å². The van der Waals surface area contributed by atoms with Crippen molar-refractivity contribution in [1.82, 2.24) is 10.2 Å². The number of carbonyl (C=O) groups is 3. The zero-order chi connectivity index (χ0) is 18.8. The van der Waals surface area contributed by atoms with Crippen LogP contribution in [0.15, 0.2) is 36.4 Å². The summed E-state index contributed by atoms with van der Waals surface area (Å²) in [7, 11) is 1.25. The minimum absolute atomic E-state index is 0. The molecular weight excluding hydrogens is 360 g/mol. The number of hydrogen-bond acceptors (Lipinski definition) is 5. The summed E-state index contributed by atoms with van der Waals surface area (Å²) in [5.41, 5.74) is 1.19. The van der Waals surface area contributed by atoms with E-state index in [1.54, 1.807) is 0 Å². The van der Waals surface area contributed by atoms with E-state index in [1.807, 2.05) is 0 Å². The number of aromatic nitrogens is 2. The molecule has 0 aliphatic carbocycles. The summed E-state index contributed by atoms with van der Waals surface area (Å²) in [4.78, 5) is 32.9. The molecule has 2 N–H and O–H groups in total. The third-order valence-electron chi connectivity index (χ3n) is 3.58. The monoisotopic (exact) mass is 375 g/mol. The SMILES string of the molecule is C.COC(=O)c1n[nH]c2ccc(F)cc12.O=C1Nc2ccc(F)cc2C1=O. The van der Waals surface area contributed by atoms with Crippen LogP contribution in [-0.4, -0.2) is 35.0 Å². The van der Waals surface area contributed by atoms with Gasteiger partial charge in [0.05, 0.1) is 23.9 Å². The number of nitrogens with zero attached hydrogens (tertiary/aromatic N) is 1. The van der Waals surface area contributed by atoms with Crippen molar-refractivity contribution in [2.75, 3.05) is 12.4 Å². The lowest BCUT2D eigenvalue weighted by Gasteiger charge is -1.94. The molecule has 0 fully saturated rings. The third kappa shape index (κ3) is 3.81.